The lowest BCUT2D eigenvalue weighted by Crippen LogP contribution is -2.55. The number of nitrogens with one attached hydrogen (secondary N) is 2. The molecule has 0 spiro atoms. The molecule has 5 nitrogen and oxygen atoms in total. The standard InChI is InChI=1S/C13H25N3O2/c1-4-7-13(2,15-3)12(17)16(10-14)9-11-6-5-8-18-11/h10-11,14-15H,4-9H2,1-3H3. The van der Waals surface area contributed by atoms with Crippen molar-refractivity contribution in [1.82, 2.24) is 10.2 Å². The fourth-order valence-electron chi connectivity index (χ4n) is 2.36. The molecular formula is C13H25N3O2. The van der Waals surface area contributed by atoms with Gasteiger partial charge < -0.3 is 10.1 Å². The average molecular weight is 255 g/mol. The molecule has 1 aliphatic rings. The lowest BCUT2D eigenvalue weighted by molar-refractivity contribution is -0.134. The van der Waals surface area contributed by atoms with Crippen LogP contribution in [0.25, 0.3) is 0 Å². The maximum absolute atomic E-state index is 12.5. The van der Waals surface area contributed by atoms with E-state index in [1.54, 1.807) is 7.05 Å². The maximum atomic E-state index is 12.5. The number of rotatable bonds is 7. The van der Waals surface area contributed by atoms with Crippen molar-refractivity contribution >= 4 is 12.2 Å². The van der Waals surface area contributed by atoms with Crippen molar-refractivity contribution in [2.24, 2.45) is 0 Å². The summed E-state index contributed by atoms with van der Waals surface area (Å²) >= 11 is 0. The van der Waals surface area contributed by atoms with Gasteiger partial charge in [0.05, 0.1) is 24.5 Å². The number of likely N-dealkylation sites (N-methyl/N-ethyl adjacent to an activating group) is 1. The molecule has 18 heavy (non-hydrogen) atoms. The van der Waals surface area contributed by atoms with Crippen LogP contribution in [-0.4, -0.2) is 49.0 Å². The summed E-state index contributed by atoms with van der Waals surface area (Å²) in [5.74, 6) is -0.0441. The van der Waals surface area contributed by atoms with E-state index >= 15 is 0 Å². The summed E-state index contributed by atoms with van der Waals surface area (Å²) in [6.07, 6.45) is 4.91. The van der Waals surface area contributed by atoms with Crippen LogP contribution in [0.5, 0.6) is 0 Å². The molecule has 0 aromatic rings. The molecule has 1 fully saturated rings. The Kier molecular flexibility index (Phi) is 5.75. The Hall–Kier alpha value is -0.940. The second-order valence-corrected chi connectivity index (χ2v) is 5.05. The lowest BCUT2D eigenvalue weighted by Gasteiger charge is -2.33. The topological polar surface area (TPSA) is 65.4 Å². The van der Waals surface area contributed by atoms with Crippen molar-refractivity contribution < 1.29 is 9.53 Å². The molecule has 1 amide bonds. The first-order valence-corrected chi connectivity index (χ1v) is 6.69. The summed E-state index contributed by atoms with van der Waals surface area (Å²) in [5.41, 5.74) is -0.592. The number of hydrogen-bond donors (Lipinski definition) is 2. The predicted octanol–water partition coefficient (Wildman–Crippen LogP) is 1.38. The Bertz CT molecular complexity index is 290. The summed E-state index contributed by atoms with van der Waals surface area (Å²) in [4.78, 5) is 13.9. The highest BCUT2D eigenvalue weighted by Gasteiger charge is 2.35. The SMILES string of the molecule is CCCC(C)(NC)C(=O)N(C=N)CC1CCCO1. The van der Waals surface area contributed by atoms with Crippen molar-refractivity contribution in [3.63, 3.8) is 0 Å². The monoisotopic (exact) mass is 255 g/mol. The van der Waals surface area contributed by atoms with Gasteiger partial charge in [-0.3, -0.25) is 15.1 Å². The smallest absolute Gasteiger partial charge is 0.247 e. The predicted molar refractivity (Wildman–Crippen MR) is 71.8 cm³/mol. The van der Waals surface area contributed by atoms with E-state index in [1.807, 2.05) is 6.92 Å². The molecule has 1 aliphatic heterocycles. The van der Waals surface area contributed by atoms with Gasteiger partial charge in [-0.05, 0) is 33.2 Å². The van der Waals surface area contributed by atoms with Crippen molar-refractivity contribution in [1.29, 1.82) is 5.41 Å². The molecule has 104 valence electrons. The molecule has 2 unspecified atom stereocenters. The number of nitrogens with zero attached hydrogens (tertiary/aromatic N) is 1. The number of hydrogen-bond acceptors (Lipinski definition) is 4. The summed E-state index contributed by atoms with van der Waals surface area (Å²) in [6.45, 7) is 5.20. The fraction of sp³-hybridized carbons (Fsp3) is 0.846. The van der Waals surface area contributed by atoms with Crippen molar-refractivity contribution in [2.75, 3.05) is 20.2 Å². The van der Waals surface area contributed by atoms with Gasteiger partial charge in [0, 0.05) is 6.61 Å². The minimum absolute atomic E-state index is 0.0441. The molecule has 0 radical (unpaired) electrons. The van der Waals surface area contributed by atoms with Crippen molar-refractivity contribution in [3.05, 3.63) is 0 Å². The van der Waals surface area contributed by atoms with Crippen molar-refractivity contribution in [3.8, 4) is 0 Å². The van der Waals surface area contributed by atoms with Gasteiger partial charge in [0.1, 0.15) is 0 Å². The van der Waals surface area contributed by atoms with E-state index in [1.165, 1.54) is 4.90 Å². The Morgan fingerprint density at radius 2 is 2.39 bits per heavy atom. The largest absolute Gasteiger partial charge is 0.376 e. The third kappa shape index (κ3) is 3.53. The van der Waals surface area contributed by atoms with Gasteiger partial charge in [0.25, 0.3) is 0 Å². The molecule has 2 atom stereocenters. The summed E-state index contributed by atoms with van der Waals surface area (Å²) in [7, 11) is 1.79. The third-order valence-electron chi connectivity index (χ3n) is 3.61. The molecule has 5 heteroatoms. The first-order chi connectivity index (χ1) is 8.57. The van der Waals surface area contributed by atoms with Gasteiger partial charge in [-0.25, -0.2) is 0 Å². The van der Waals surface area contributed by atoms with Crippen LogP contribution in [0, 0.1) is 5.41 Å². The van der Waals surface area contributed by atoms with E-state index in [-0.39, 0.29) is 12.0 Å². The zero-order valence-electron chi connectivity index (χ0n) is 11.7. The molecule has 0 aromatic carbocycles. The van der Waals surface area contributed by atoms with Crippen LogP contribution in [-0.2, 0) is 9.53 Å². The number of carbonyl (C=O) groups excluding carboxylic acids is 1. The maximum Gasteiger partial charge on any atom is 0.247 e. The molecule has 1 rings (SSSR count). The second kappa shape index (κ2) is 6.85. The van der Waals surface area contributed by atoms with Crippen LogP contribution in [0.2, 0.25) is 0 Å². The van der Waals surface area contributed by atoms with Gasteiger partial charge in [-0.1, -0.05) is 13.3 Å². The number of carbonyl (C=O) groups is 1. The highest BCUT2D eigenvalue weighted by Crippen LogP contribution is 2.18. The highest BCUT2D eigenvalue weighted by atomic mass is 16.5. The first-order valence-electron chi connectivity index (χ1n) is 6.69. The van der Waals surface area contributed by atoms with Gasteiger partial charge >= 0.3 is 0 Å². The van der Waals surface area contributed by atoms with E-state index in [9.17, 15) is 4.79 Å². The lowest BCUT2D eigenvalue weighted by atomic mass is 9.94. The zero-order valence-corrected chi connectivity index (χ0v) is 11.7. The fourth-order valence-corrected chi connectivity index (χ4v) is 2.36. The van der Waals surface area contributed by atoms with Gasteiger partial charge in [-0.15, -0.1) is 0 Å². The van der Waals surface area contributed by atoms with Gasteiger partial charge in [0.2, 0.25) is 5.91 Å². The molecule has 1 saturated heterocycles. The number of amides is 1. The Morgan fingerprint density at radius 3 is 2.83 bits per heavy atom. The number of ether oxygens (including phenoxy) is 1. The van der Waals surface area contributed by atoms with Crippen LogP contribution in [0.1, 0.15) is 39.5 Å². The van der Waals surface area contributed by atoms with E-state index in [4.69, 9.17) is 10.1 Å². The van der Waals surface area contributed by atoms with E-state index < -0.39 is 5.54 Å². The van der Waals surface area contributed by atoms with Crippen LogP contribution in [0.4, 0.5) is 0 Å². The Morgan fingerprint density at radius 1 is 1.67 bits per heavy atom. The Labute approximate surface area is 109 Å². The highest BCUT2D eigenvalue weighted by molar-refractivity contribution is 5.93. The van der Waals surface area contributed by atoms with Crippen LogP contribution < -0.4 is 5.32 Å². The minimum Gasteiger partial charge on any atom is -0.376 e. The molecule has 0 aliphatic carbocycles. The average Bonchev–Trinajstić information content (AvgIpc) is 2.88. The molecule has 2 N–H and O–H groups in total. The summed E-state index contributed by atoms with van der Waals surface area (Å²) in [6, 6.07) is 0. The van der Waals surface area contributed by atoms with Gasteiger partial charge in [0.15, 0.2) is 0 Å². The van der Waals surface area contributed by atoms with E-state index in [2.05, 4.69) is 12.2 Å². The minimum atomic E-state index is -0.592. The molecule has 1 heterocycles. The molecule has 0 bridgehead atoms. The quantitative estimate of drug-likeness (QED) is 0.533. The normalized spacial score (nSPS) is 22.5. The van der Waals surface area contributed by atoms with Crippen LogP contribution in [0.3, 0.4) is 0 Å². The molecule has 0 saturated carbocycles. The van der Waals surface area contributed by atoms with Crippen LogP contribution >= 0.6 is 0 Å². The Balaban J connectivity index is 2.67. The third-order valence-corrected chi connectivity index (χ3v) is 3.61. The van der Waals surface area contributed by atoms with Gasteiger partial charge in [-0.2, -0.15) is 0 Å². The molecule has 0 aromatic heterocycles. The van der Waals surface area contributed by atoms with E-state index in [0.717, 1.165) is 38.6 Å². The summed E-state index contributed by atoms with van der Waals surface area (Å²) in [5, 5.41) is 10.5. The molecular weight excluding hydrogens is 230 g/mol. The first kappa shape index (κ1) is 15.1. The second-order valence-electron chi connectivity index (χ2n) is 5.05. The zero-order chi connectivity index (χ0) is 13.6. The van der Waals surface area contributed by atoms with Crippen molar-refractivity contribution in [2.45, 2.75) is 51.2 Å². The summed E-state index contributed by atoms with van der Waals surface area (Å²) < 4.78 is 5.52. The van der Waals surface area contributed by atoms with Crippen LogP contribution in [0.15, 0.2) is 0 Å². The van der Waals surface area contributed by atoms with E-state index in [0.29, 0.717) is 6.54 Å².